The summed E-state index contributed by atoms with van der Waals surface area (Å²) >= 11 is 0. The van der Waals surface area contributed by atoms with Crippen LogP contribution in [-0.2, 0) is 11.2 Å². The van der Waals surface area contributed by atoms with E-state index in [9.17, 15) is 4.79 Å². The zero-order valence-corrected chi connectivity index (χ0v) is 20.3. The number of carbonyl (C=O) groups is 1. The molecule has 0 aliphatic carbocycles. The molecule has 1 aliphatic heterocycles. The predicted molar refractivity (Wildman–Crippen MR) is 130 cm³/mol. The smallest absolute Gasteiger partial charge is 0.226 e. The molecule has 0 saturated carbocycles. The third-order valence-electron chi connectivity index (χ3n) is 5.02. The van der Waals surface area contributed by atoms with Gasteiger partial charge in [-0.3, -0.25) is 9.79 Å². The molecule has 1 fully saturated rings. The summed E-state index contributed by atoms with van der Waals surface area (Å²) in [5, 5.41) is 6.73. The summed E-state index contributed by atoms with van der Waals surface area (Å²) in [6.07, 6.45) is 3.91. The van der Waals surface area contributed by atoms with Crippen molar-refractivity contribution in [1.82, 2.24) is 20.5 Å². The number of hydrogen-bond donors (Lipinski definition) is 2. The van der Waals surface area contributed by atoms with E-state index in [1.54, 1.807) is 6.26 Å². The van der Waals surface area contributed by atoms with Crippen molar-refractivity contribution in [3.05, 3.63) is 41.8 Å². The van der Waals surface area contributed by atoms with Crippen LogP contribution >= 0.6 is 24.0 Å². The Morgan fingerprint density at radius 3 is 2.77 bits per heavy atom. The highest BCUT2D eigenvalue weighted by Crippen LogP contribution is 2.19. The first-order chi connectivity index (χ1) is 14.1. The van der Waals surface area contributed by atoms with Crippen molar-refractivity contribution in [1.29, 1.82) is 0 Å². The quantitative estimate of drug-likeness (QED) is 0.329. The van der Waals surface area contributed by atoms with E-state index >= 15 is 0 Å². The van der Waals surface area contributed by atoms with Gasteiger partial charge < -0.3 is 20.0 Å². The van der Waals surface area contributed by atoms with Crippen molar-refractivity contribution in [2.75, 3.05) is 26.2 Å². The van der Waals surface area contributed by atoms with Crippen LogP contribution in [0.4, 0.5) is 0 Å². The van der Waals surface area contributed by atoms with Gasteiger partial charge in [0.25, 0.3) is 0 Å². The first-order valence-electron chi connectivity index (χ1n) is 10.4. The molecule has 1 aromatic carbocycles. The van der Waals surface area contributed by atoms with Gasteiger partial charge in [-0.05, 0) is 32.4 Å². The second-order valence-electron chi connectivity index (χ2n) is 7.34. The van der Waals surface area contributed by atoms with E-state index in [4.69, 9.17) is 4.42 Å². The van der Waals surface area contributed by atoms with Gasteiger partial charge in [0.1, 0.15) is 6.26 Å². The van der Waals surface area contributed by atoms with Gasteiger partial charge in [-0.1, -0.05) is 24.6 Å². The SMILES string of the molecule is CCNC(=NCCc1coc(-c2ccc(C)cc2)n1)NC1CCN(C(=O)CC)C1.I. The molecule has 1 aromatic heterocycles. The molecule has 2 heterocycles. The van der Waals surface area contributed by atoms with Crippen molar-refractivity contribution < 1.29 is 9.21 Å². The normalized spacial score (nSPS) is 16.3. The third kappa shape index (κ3) is 6.72. The Morgan fingerprint density at radius 1 is 1.30 bits per heavy atom. The summed E-state index contributed by atoms with van der Waals surface area (Å²) < 4.78 is 5.62. The second-order valence-corrected chi connectivity index (χ2v) is 7.34. The molecule has 0 radical (unpaired) electrons. The molecule has 164 valence electrons. The van der Waals surface area contributed by atoms with E-state index < -0.39 is 0 Å². The molecule has 7 nitrogen and oxygen atoms in total. The number of halogens is 1. The van der Waals surface area contributed by atoms with Crippen molar-refractivity contribution in [3.63, 3.8) is 0 Å². The summed E-state index contributed by atoms with van der Waals surface area (Å²) in [6.45, 7) is 8.96. The van der Waals surface area contributed by atoms with Gasteiger partial charge in [-0.15, -0.1) is 24.0 Å². The zero-order chi connectivity index (χ0) is 20.6. The zero-order valence-electron chi connectivity index (χ0n) is 18.0. The number of hydrogen-bond acceptors (Lipinski definition) is 4. The van der Waals surface area contributed by atoms with E-state index in [-0.39, 0.29) is 35.9 Å². The standard InChI is InChI=1S/C22H31N5O2.HI/c1-4-20(28)27-13-11-18(14-27)26-22(23-5-2)24-12-10-19-15-29-21(25-19)17-8-6-16(3)7-9-17;/h6-9,15,18H,4-5,10-14H2,1-3H3,(H2,23,24,26);1H. The van der Waals surface area contributed by atoms with Crippen LogP contribution < -0.4 is 10.6 Å². The van der Waals surface area contributed by atoms with Crippen molar-refractivity contribution in [3.8, 4) is 11.5 Å². The van der Waals surface area contributed by atoms with Gasteiger partial charge >= 0.3 is 0 Å². The van der Waals surface area contributed by atoms with Crippen LogP contribution in [0.1, 0.15) is 37.9 Å². The van der Waals surface area contributed by atoms with Crippen LogP contribution in [0.3, 0.4) is 0 Å². The van der Waals surface area contributed by atoms with Gasteiger partial charge in [0.05, 0.1) is 5.69 Å². The van der Waals surface area contributed by atoms with Crippen molar-refractivity contribution in [2.45, 2.75) is 46.1 Å². The van der Waals surface area contributed by atoms with Crippen LogP contribution in [0.2, 0.25) is 0 Å². The molecule has 2 N–H and O–H groups in total. The number of carbonyl (C=O) groups excluding carboxylic acids is 1. The Balaban J connectivity index is 0.00000320. The Labute approximate surface area is 195 Å². The van der Waals surface area contributed by atoms with Crippen LogP contribution in [0, 0.1) is 6.92 Å². The average Bonchev–Trinajstić information content (AvgIpc) is 3.38. The third-order valence-corrected chi connectivity index (χ3v) is 5.02. The minimum Gasteiger partial charge on any atom is -0.444 e. The van der Waals surface area contributed by atoms with Crippen molar-refractivity contribution in [2.24, 2.45) is 4.99 Å². The number of benzene rings is 1. The Kier molecular flexibility index (Phi) is 9.61. The van der Waals surface area contributed by atoms with E-state index in [1.807, 2.05) is 30.9 Å². The lowest BCUT2D eigenvalue weighted by Gasteiger charge is -2.18. The monoisotopic (exact) mass is 525 g/mol. The maximum Gasteiger partial charge on any atom is 0.226 e. The number of amides is 1. The maximum absolute atomic E-state index is 11.9. The minimum atomic E-state index is 0. The molecule has 1 saturated heterocycles. The molecular formula is C22H32IN5O2. The lowest BCUT2D eigenvalue weighted by Crippen LogP contribution is -2.45. The number of oxazole rings is 1. The molecule has 30 heavy (non-hydrogen) atoms. The molecule has 1 atom stereocenters. The van der Waals surface area contributed by atoms with E-state index in [0.717, 1.165) is 43.3 Å². The molecule has 2 aromatic rings. The summed E-state index contributed by atoms with van der Waals surface area (Å²) in [7, 11) is 0. The first-order valence-corrected chi connectivity index (χ1v) is 10.4. The molecule has 0 spiro atoms. The van der Waals surface area contributed by atoms with Gasteiger partial charge in [-0.2, -0.15) is 0 Å². The Morgan fingerprint density at radius 2 is 2.07 bits per heavy atom. The van der Waals surface area contributed by atoms with Crippen LogP contribution in [0.15, 0.2) is 39.9 Å². The lowest BCUT2D eigenvalue weighted by atomic mass is 10.1. The molecular weight excluding hydrogens is 493 g/mol. The molecule has 1 unspecified atom stereocenters. The minimum absolute atomic E-state index is 0. The summed E-state index contributed by atoms with van der Waals surface area (Å²) in [4.78, 5) is 23.0. The van der Waals surface area contributed by atoms with Gasteiger partial charge in [-0.25, -0.2) is 4.98 Å². The number of likely N-dealkylation sites (tertiary alicyclic amines) is 1. The number of aromatic nitrogens is 1. The fourth-order valence-electron chi connectivity index (χ4n) is 3.37. The number of guanidine groups is 1. The number of rotatable bonds is 7. The average molecular weight is 525 g/mol. The maximum atomic E-state index is 11.9. The highest BCUT2D eigenvalue weighted by molar-refractivity contribution is 14.0. The van der Waals surface area contributed by atoms with Crippen LogP contribution in [-0.4, -0.2) is 54.0 Å². The van der Waals surface area contributed by atoms with Crippen molar-refractivity contribution >= 4 is 35.8 Å². The second kappa shape index (κ2) is 11.9. The Bertz CT molecular complexity index is 834. The summed E-state index contributed by atoms with van der Waals surface area (Å²) in [5.74, 6) is 1.64. The van der Waals surface area contributed by atoms with Gasteiger partial charge in [0.15, 0.2) is 5.96 Å². The molecule has 1 amide bonds. The highest BCUT2D eigenvalue weighted by Gasteiger charge is 2.25. The summed E-state index contributed by atoms with van der Waals surface area (Å²) in [6, 6.07) is 8.38. The van der Waals surface area contributed by atoms with E-state index in [0.29, 0.717) is 25.3 Å². The van der Waals surface area contributed by atoms with Crippen LogP contribution in [0.5, 0.6) is 0 Å². The molecule has 8 heteroatoms. The Hall–Kier alpha value is -2.10. The van der Waals surface area contributed by atoms with E-state index in [2.05, 4.69) is 39.7 Å². The number of aryl methyl sites for hydroxylation is 1. The van der Waals surface area contributed by atoms with Crippen LogP contribution in [0.25, 0.3) is 11.5 Å². The molecule has 3 rings (SSSR count). The number of nitrogens with one attached hydrogen (secondary N) is 2. The fourth-order valence-corrected chi connectivity index (χ4v) is 3.37. The first kappa shape index (κ1) is 24.2. The highest BCUT2D eigenvalue weighted by atomic mass is 127. The largest absolute Gasteiger partial charge is 0.444 e. The molecule has 0 bridgehead atoms. The molecule has 1 aliphatic rings. The number of nitrogens with zero attached hydrogens (tertiary/aromatic N) is 3. The predicted octanol–water partition coefficient (Wildman–Crippen LogP) is 3.38. The lowest BCUT2D eigenvalue weighted by molar-refractivity contribution is -0.129. The topological polar surface area (TPSA) is 82.8 Å². The fraction of sp³-hybridized carbons (Fsp3) is 0.500. The van der Waals surface area contributed by atoms with Gasteiger partial charge in [0, 0.05) is 50.6 Å². The van der Waals surface area contributed by atoms with Gasteiger partial charge in [0.2, 0.25) is 11.8 Å². The number of aliphatic imine (C=N–C) groups is 1. The summed E-state index contributed by atoms with van der Waals surface area (Å²) in [5.41, 5.74) is 3.08. The van der Waals surface area contributed by atoms with E-state index in [1.165, 1.54) is 5.56 Å².